The first-order valence-electron chi connectivity index (χ1n) is 7.73. The zero-order chi connectivity index (χ0) is 14.4. The van der Waals surface area contributed by atoms with Gasteiger partial charge in [0.2, 0.25) is 5.91 Å². The van der Waals surface area contributed by atoms with Crippen LogP contribution in [0.2, 0.25) is 0 Å². The summed E-state index contributed by atoms with van der Waals surface area (Å²) in [6.07, 6.45) is 5.10. The van der Waals surface area contributed by atoms with Crippen LogP contribution >= 0.6 is 0 Å². The molecule has 3 unspecified atom stereocenters. The van der Waals surface area contributed by atoms with Crippen LogP contribution in [0, 0.1) is 11.8 Å². The summed E-state index contributed by atoms with van der Waals surface area (Å²) in [4.78, 5) is 12.3. The van der Waals surface area contributed by atoms with Gasteiger partial charge < -0.3 is 11.1 Å². The van der Waals surface area contributed by atoms with Crippen LogP contribution in [0.4, 0.5) is 0 Å². The minimum atomic E-state index is -0.225. The fourth-order valence-corrected chi connectivity index (χ4v) is 3.19. The summed E-state index contributed by atoms with van der Waals surface area (Å²) in [5.41, 5.74) is 6.78. The fraction of sp³-hybridized carbons (Fsp3) is 0.588. The quantitative estimate of drug-likeness (QED) is 0.867. The summed E-state index contributed by atoms with van der Waals surface area (Å²) in [5, 5.41) is 3.10. The molecule has 110 valence electrons. The van der Waals surface area contributed by atoms with Gasteiger partial charge in [0.25, 0.3) is 0 Å². The molecular weight excluding hydrogens is 248 g/mol. The topological polar surface area (TPSA) is 55.1 Å². The normalized spacial score (nSPS) is 24.1. The second-order valence-electron chi connectivity index (χ2n) is 6.08. The number of rotatable bonds is 5. The first kappa shape index (κ1) is 15.0. The molecule has 0 aromatic heterocycles. The van der Waals surface area contributed by atoms with Crippen LogP contribution < -0.4 is 11.1 Å². The third kappa shape index (κ3) is 4.07. The Bertz CT molecular complexity index is 418. The molecule has 2 rings (SSSR count). The summed E-state index contributed by atoms with van der Waals surface area (Å²) in [7, 11) is 0. The number of benzene rings is 1. The molecule has 0 spiro atoms. The van der Waals surface area contributed by atoms with Gasteiger partial charge in [-0.3, -0.25) is 4.79 Å². The van der Waals surface area contributed by atoms with Gasteiger partial charge in [-0.05, 0) is 30.2 Å². The zero-order valence-electron chi connectivity index (χ0n) is 12.3. The lowest BCUT2D eigenvalue weighted by Crippen LogP contribution is -2.37. The van der Waals surface area contributed by atoms with Crippen LogP contribution in [0.15, 0.2) is 30.3 Å². The average Bonchev–Trinajstić information content (AvgIpc) is 2.47. The Morgan fingerprint density at radius 2 is 2.10 bits per heavy atom. The Hall–Kier alpha value is -1.35. The Balaban J connectivity index is 1.87. The molecule has 20 heavy (non-hydrogen) atoms. The Labute approximate surface area is 121 Å². The zero-order valence-corrected chi connectivity index (χ0v) is 12.3. The molecule has 0 bridgehead atoms. The molecule has 3 N–H and O–H groups in total. The van der Waals surface area contributed by atoms with Crippen molar-refractivity contribution in [3.8, 4) is 0 Å². The third-order valence-electron chi connectivity index (χ3n) is 4.36. The van der Waals surface area contributed by atoms with E-state index in [9.17, 15) is 4.79 Å². The first-order valence-corrected chi connectivity index (χ1v) is 7.73. The van der Waals surface area contributed by atoms with Crippen LogP contribution in [0.1, 0.15) is 44.1 Å². The molecule has 1 fully saturated rings. The maximum absolute atomic E-state index is 12.3. The molecule has 3 nitrogen and oxygen atoms in total. The van der Waals surface area contributed by atoms with Crippen LogP contribution in [0.5, 0.6) is 0 Å². The number of carbonyl (C=O) groups is 1. The van der Waals surface area contributed by atoms with E-state index in [-0.39, 0.29) is 11.8 Å². The van der Waals surface area contributed by atoms with Gasteiger partial charge in [0, 0.05) is 13.1 Å². The van der Waals surface area contributed by atoms with Crippen molar-refractivity contribution in [2.24, 2.45) is 17.6 Å². The summed E-state index contributed by atoms with van der Waals surface area (Å²) in [6.45, 7) is 3.46. The fourth-order valence-electron chi connectivity index (χ4n) is 3.19. The second-order valence-corrected chi connectivity index (χ2v) is 6.08. The van der Waals surface area contributed by atoms with Crippen molar-refractivity contribution in [2.45, 2.75) is 38.5 Å². The van der Waals surface area contributed by atoms with Crippen molar-refractivity contribution in [3.63, 3.8) is 0 Å². The van der Waals surface area contributed by atoms with E-state index < -0.39 is 0 Å². The number of hydrogen-bond donors (Lipinski definition) is 2. The molecular formula is C17H26N2O. The molecule has 0 saturated heterocycles. The summed E-state index contributed by atoms with van der Waals surface area (Å²) in [6, 6.07) is 9.81. The molecule has 3 heteroatoms. The number of amides is 1. The summed E-state index contributed by atoms with van der Waals surface area (Å²) in [5.74, 6) is 1.27. The van der Waals surface area contributed by atoms with Gasteiger partial charge in [0.1, 0.15) is 0 Å². The van der Waals surface area contributed by atoms with Crippen molar-refractivity contribution in [3.05, 3.63) is 35.9 Å². The lowest BCUT2D eigenvalue weighted by molar-refractivity contribution is -0.122. The average molecular weight is 274 g/mol. The highest BCUT2D eigenvalue weighted by Crippen LogP contribution is 2.28. The van der Waals surface area contributed by atoms with Crippen molar-refractivity contribution >= 4 is 5.91 Å². The minimum absolute atomic E-state index is 0.0666. The van der Waals surface area contributed by atoms with E-state index in [0.717, 1.165) is 18.0 Å². The largest absolute Gasteiger partial charge is 0.355 e. The van der Waals surface area contributed by atoms with Gasteiger partial charge in [0.15, 0.2) is 0 Å². The van der Waals surface area contributed by atoms with Gasteiger partial charge in [0.05, 0.1) is 5.92 Å². The van der Waals surface area contributed by atoms with E-state index in [2.05, 4.69) is 12.2 Å². The predicted octanol–water partition coefficient (Wildman–Crippen LogP) is 2.67. The van der Waals surface area contributed by atoms with E-state index in [1.54, 1.807) is 0 Å². The smallest absolute Gasteiger partial charge is 0.228 e. The van der Waals surface area contributed by atoms with Gasteiger partial charge in [-0.2, -0.15) is 0 Å². The number of carbonyl (C=O) groups excluding carboxylic acids is 1. The number of nitrogens with one attached hydrogen (secondary N) is 1. The van der Waals surface area contributed by atoms with E-state index in [1.807, 2.05) is 30.3 Å². The molecule has 1 aromatic carbocycles. The highest BCUT2D eigenvalue weighted by molar-refractivity contribution is 5.83. The van der Waals surface area contributed by atoms with Crippen LogP contribution in [-0.4, -0.2) is 19.0 Å². The molecule has 3 atom stereocenters. The highest BCUT2D eigenvalue weighted by atomic mass is 16.1. The van der Waals surface area contributed by atoms with Gasteiger partial charge >= 0.3 is 0 Å². The van der Waals surface area contributed by atoms with Crippen LogP contribution in [0.25, 0.3) is 0 Å². The SMILES string of the molecule is CC1CCCC(CNC(=O)C(CN)c2ccccc2)C1. The molecule has 1 saturated carbocycles. The molecule has 1 aromatic rings. The highest BCUT2D eigenvalue weighted by Gasteiger charge is 2.22. The van der Waals surface area contributed by atoms with Crippen molar-refractivity contribution in [1.29, 1.82) is 0 Å². The molecule has 1 amide bonds. The predicted molar refractivity (Wildman–Crippen MR) is 82.4 cm³/mol. The van der Waals surface area contributed by atoms with Gasteiger partial charge in [-0.1, -0.05) is 50.1 Å². The monoisotopic (exact) mass is 274 g/mol. The van der Waals surface area contributed by atoms with E-state index >= 15 is 0 Å². The summed E-state index contributed by atoms with van der Waals surface area (Å²) < 4.78 is 0. The van der Waals surface area contributed by atoms with Gasteiger partial charge in [-0.15, -0.1) is 0 Å². The maximum Gasteiger partial charge on any atom is 0.228 e. The Morgan fingerprint density at radius 3 is 2.75 bits per heavy atom. The molecule has 0 heterocycles. The third-order valence-corrected chi connectivity index (χ3v) is 4.36. The number of nitrogens with two attached hydrogens (primary N) is 1. The molecule has 0 aliphatic heterocycles. The van der Waals surface area contributed by atoms with Crippen molar-refractivity contribution < 1.29 is 4.79 Å². The van der Waals surface area contributed by atoms with Crippen LogP contribution in [0.3, 0.4) is 0 Å². The first-order chi connectivity index (χ1) is 9.70. The van der Waals surface area contributed by atoms with E-state index in [4.69, 9.17) is 5.73 Å². The lowest BCUT2D eigenvalue weighted by Gasteiger charge is -2.27. The number of hydrogen-bond acceptors (Lipinski definition) is 2. The summed E-state index contributed by atoms with van der Waals surface area (Å²) >= 11 is 0. The maximum atomic E-state index is 12.3. The molecule has 0 radical (unpaired) electrons. The Morgan fingerprint density at radius 1 is 1.35 bits per heavy atom. The van der Waals surface area contributed by atoms with Crippen LogP contribution in [-0.2, 0) is 4.79 Å². The molecule has 1 aliphatic carbocycles. The second kappa shape index (κ2) is 7.44. The van der Waals surface area contributed by atoms with Crippen molar-refractivity contribution in [1.82, 2.24) is 5.32 Å². The standard InChI is InChI=1S/C17H26N2O/c1-13-6-5-7-14(10-13)12-19-17(20)16(11-18)15-8-3-2-4-9-15/h2-4,8-9,13-14,16H,5-7,10-12,18H2,1H3,(H,19,20). The minimum Gasteiger partial charge on any atom is -0.355 e. The lowest BCUT2D eigenvalue weighted by atomic mass is 9.82. The van der Waals surface area contributed by atoms with Crippen molar-refractivity contribution in [2.75, 3.05) is 13.1 Å². The van der Waals surface area contributed by atoms with Gasteiger partial charge in [-0.25, -0.2) is 0 Å². The molecule has 1 aliphatic rings. The Kier molecular flexibility index (Phi) is 5.60. The van der Waals surface area contributed by atoms with E-state index in [1.165, 1.54) is 25.7 Å². The van der Waals surface area contributed by atoms with E-state index in [0.29, 0.717) is 12.5 Å².